The molecule has 0 aromatic heterocycles. The normalized spacial score (nSPS) is 10.1. The third-order valence-electron chi connectivity index (χ3n) is 2.24. The molecule has 0 saturated heterocycles. The first-order valence-corrected chi connectivity index (χ1v) is 4.30. The summed E-state index contributed by atoms with van der Waals surface area (Å²) in [4.78, 5) is 10.9. The van der Waals surface area contributed by atoms with Crippen LogP contribution in [0.15, 0.2) is 36.4 Å². The van der Waals surface area contributed by atoms with Gasteiger partial charge in [-0.25, -0.2) is 0 Å². The van der Waals surface area contributed by atoms with Crippen molar-refractivity contribution in [1.82, 2.24) is 0 Å². The van der Waals surface area contributed by atoms with Crippen LogP contribution in [0.2, 0.25) is 0 Å². The van der Waals surface area contributed by atoms with Gasteiger partial charge in [-0.15, -0.1) is 0 Å². The van der Waals surface area contributed by atoms with E-state index in [2.05, 4.69) is 5.43 Å². The lowest BCUT2D eigenvalue weighted by molar-refractivity contribution is 0.112. The van der Waals surface area contributed by atoms with Gasteiger partial charge in [-0.3, -0.25) is 10.6 Å². The summed E-state index contributed by atoms with van der Waals surface area (Å²) >= 11 is 0. The van der Waals surface area contributed by atoms with Gasteiger partial charge in [0, 0.05) is 5.56 Å². The fourth-order valence-corrected chi connectivity index (χ4v) is 1.55. The molecule has 3 nitrogen and oxygen atoms in total. The summed E-state index contributed by atoms with van der Waals surface area (Å²) in [7, 11) is 0. The highest BCUT2D eigenvalue weighted by molar-refractivity contribution is 6.03. The van der Waals surface area contributed by atoms with Crippen LogP contribution in [0.3, 0.4) is 0 Å². The molecule has 3 heteroatoms. The lowest BCUT2D eigenvalue weighted by Crippen LogP contribution is -2.09. The van der Waals surface area contributed by atoms with Gasteiger partial charge in [0.05, 0.1) is 5.69 Å². The van der Waals surface area contributed by atoms with Gasteiger partial charge in [0.1, 0.15) is 0 Å². The minimum atomic E-state index is 0.602. The average Bonchev–Trinajstić information content (AvgIpc) is 2.27. The quantitative estimate of drug-likeness (QED) is 0.428. The second-order valence-electron chi connectivity index (χ2n) is 3.01. The van der Waals surface area contributed by atoms with Gasteiger partial charge in [0.25, 0.3) is 0 Å². The zero-order valence-electron chi connectivity index (χ0n) is 7.53. The van der Waals surface area contributed by atoms with E-state index in [4.69, 9.17) is 5.84 Å². The lowest BCUT2D eigenvalue weighted by atomic mass is 10.0. The molecule has 0 bridgehead atoms. The summed E-state index contributed by atoms with van der Waals surface area (Å²) in [5.74, 6) is 5.31. The number of carbonyl (C=O) groups is 1. The molecule has 0 saturated carbocycles. The minimum absolute atomic E-state index is 0.602. The molecule has 70 valence electrons. The van der Waals surface area contributed by atoms with Crippen LogP contribution in [0.1, 0.15) is 10.4 Å². The van der Waals surface area contributed by atoms with Crippen LogP contribution in [0.4, 0.5) is 5.69 Å². The Bertz CT molecular complexity index is 480. The first-order chi connectivity index (χ1) is 6.86. The maximum Gasteiger partial charge on any atom is 0.152 e. The van der Waals surface area contributed by atoms with E-state index < -0.39 is 0 Å². The van der Waals surface area contributed by atoms with E-state index in [0.29, 0.717) is 11.3 Å². The van der Waals surface area contributed by atoms with Crippen LogP contribution in [-0.4, -0.2) is 6.29 Å². The molecule has 3 N–H and O–H groups in total. The number of hydrogen-bond acceptors (Lipinski definition) is 3. The van der Waals surface area contributed by atoms with Crippen molar-refractivity contribution in [2.75, 3.05) is 5.43 Å². The number of anilines is 1. The van der Waals surface area contributed by atoms with E-state index in [1.165, 1.54) is 0 Å². The summed E-state index contributed by atoms with van der Waals surface area (Å²) in [6.07, 6.45) is 0.817. The molecule has 0 unspecified atom stereocenters. The molecule has 0 amide bonds. The predicted octanol–water partition coefficient (Wildman–Crippen LogP) is 1.94. The first-order valence-electron chi connectivity index (χ1n) is 4.30. The third kappa shape index (κ3) is 1.24. The van der Waals surface area contributed by atoms with Gasteiger partial charge in [-0.1, -0.05) is 30.3 Å². The Morgan fingerprint density at radius 3 is 2.64 bits per heavy atom. The number of rotatable bonds is 2. The molecule has 0 heterocycles. The van der Waals surface area contributed by atoms with Crippen LogP contribution in [0.25, 0.3) is 10.8 Å². The van der Waals surface area contributed by atoms with Crippen LogP contribution < -0.4 is 11.3 Å². The van der Waals surface area contributed by atoms with Gasteiger partial charge in [0.15, 0.2) is 6.29 Å². The number of nitrogens with one attached hydrogen (secondary N) is 1. The first kappa shape index (κ1) is 8.72. The Morgan fingerprint density at radius 1 is 1.14 bits per heavy atom. The molecule has 0 atom stereocenters. The molecule has 0 aliphatic rings. The molecular weight excluding hydrogens is 176 g/mol. The molecule has 2 rings (SSSR count). The Hall–Kier alpha value is -1.87. The SMILES string of the molecule is NNc1ccc2ccccc2c1C=O. The minimum Gasteiger partial charge on any atom is -0.323 e. The van der Waals surface area contributed by atoms with Crippen LogP contribution >= 0.6 is 0 Å². The van der Waals surface area contributed by atoms with Gasteiger partial charge in [-0.05, 0) is 16.8 Å². The van der Waals surface area contributed by atoms with Crippen molar-refractivity contribution in [3.8, 4) is 0 Å². The summed E-state index contributed by atoms with van der Waals surface area (Å²) in [5.41, 5.74) is 3.76. The molecule has 0 aliphatic carbocycles. The largest absolute Gasteiger partial charge is 0.323 e. The topological polar surface area (TPSA) is 55.1 Å². The summed E-state index contributed by atoms with van der Waals surface area (Å²) in [5, 5.41) is 1.95. The summed E-state index contributed by atoms with van der Waals surface area (Å²) in [6.45, 7) is 0. The van der Waals surface area contributed by atoms with E-state index in [9.17, 15) is 4.79 Å². The van der Waals surface area contributed by atoms with Crippen LogP contribution in [0.5, 0.6) is 0 Å². The third-order valence-corrected chi connectivity index (χ3v) is 2.24. The van der Waals surface area contributed by atoms with Crippen molar-refractivity contribution in [3.05, 3.63) is 42.0 Å². The number of benzene rings is 2. The Morgan fingerprint density at radius 2 is 1.93 bits per heavy atom. The van der Waals surface area contributed by atoms with E-state index >= 15 is 0 Å². The number of hydrazine groups is 1. The maximum atomic E-state index is 10.9. The van der Waals surface area contributed by atoms with E-state index in [1.54, 1.807) is 6.07 Å². The smallest absolute Gasteiger partial charge is 0.152 e. The monoisotopic (exact) mass is 186 g/mol. The van der Waals surface area contributed by atoms with E-state index in [0.717, 1.165) is 17.1 Å². The number of aldehydes is 1. The number of nitrogens with two attached hydrogens (primary N) is 1. The standard InChI is InChI=1S/C11H10N2O/c12-13-11-6-5-8-3-1-2-4-9(8)10(11)7-14/h1-7,13H,12H2. The molecule has 0 aliphatic heterocycles. The predicted molar refractivity (Wildman–Crippen MR) is 57.1 cm³/mol. The molecule has 0 radical (unpaired) electrons. The van der Waals surface area contributed by atoms with E-state index in [1.807, 2.05) is 30.3 Å². The summed E-state index contributed by atoms with van der Waals surface area (Å²) in [6, 6.07) is 11.4. The maximum absolute atomic E-state index is 10.9. The number of fused-ring (bicyclic) bond motifs is 1. The zero-order chi connectivity index (χ0) is 9.97. The number of hydrogen-bond donors (Lipinski definition) is 2. The molecule has 14 heavy (non-hydrogen) atoms. The molecule has 2 aromatic carbocycles. The molecule has 0 spiro atoms. The number of carbonyl (C=O) groups excluding carboxylic acids is 1. The van der Waals surface area contributed by atoms with E-state index in [-0.39, 0.29) is 0 Å². The Labute approximate surface area is 81.5 Å². The van der Waals surface area contributed by atoms with Crippen molar-refractivity contribution >= 4 is 22.7 Å². The highest BCUT2D eigenvalue weighted by Crippen LogP contribution is 2.23. The molecular formula is C11H10N2O. The van der Waals surface area contributed by atoms with Gasteiger partial charge in [0.2, 0.25) is 0 Å². The van der Waals surface area contributed by atoms with Gasteiger partial charge >= 0.3 is 0 Å². The van der Waals surface area contributed by atoms with Crippen LogP contribution in [0, 0.1) is 0 Å². The highest BCUT2D eigenvalue weighted by Gasteiger charge is 2.04. The highest BCUT2D eigenvalue weighted by atomic mass is 16.1. The Kier molecular flexibility index (Phi) is 2.16. The van der Waals surface area contributed by atoms with Gasteiger partial charge in [-0.2, -0.15) is 0 Å². The van der Waals surface area contributed by atoms with Crippen molar-refractivity contribution in [3.63, 3.8) is 0 Å². The van der Waals surface area contributed by atoms with Gasteiger partial charge < -0.3 is 5.43 Å². The lowest BCUT2D eigenvalue weighted by Gasteiger charge is -2.06. The Balaban J connectivity index is 2.83. The second kappa shape index (κ2) is 3.47. The van der Waals surface area contributed by atoms with Crippen molar-refractivity contribution in [1.29, 1.82) is 0 Å². The van der Waals surface area contributed by atoms with Crippen LogP contribution in [-0.2, 0) is 0 Å². The number of nitrogen functional groups attached to an aromatic ring is 1. The van der Waals surface area contributed by atoms with Crippen molar-refractivity contribution in [2.45, 2.75) is 0 Å². The fraction of sp³-hybridized carbons (Fsp3) is 0. The zero-order valence-corrected chi connectivity index (χ0v) is 7.53. The second-order valence-corrected chi connectivity index (χ2v) is 3.01. The molecule has 2 aromatic rings. The molecule has 0 fully saturated rings. The average molecular weight is 186 g/mol. The fourth-order valence-electron chi connectivity index (χ4n) is 1.55. The summed E-state index contributed by atoms with van der Waals surface area (Å²) < 4.78 is 0. The van der Waals surface area contributed by atoms with Crippen molar-refractivity contribution in [2.24, 2.45) is 5.84 Å². The van der Waals surface area contributed by atoms with Crippen molar-refractivity contribution < 1.29 is 4.79 Å².